The molecule has 1 fully saturated rings. The Morgan fingerprint density at radius 2 is 1.71 bits per heavy atom. The molecule has 6 nitrogen and oxygen atoms in total. The van der Waals surface area contributed by atoms with E-state index in [0.717, 1.165) is 38.5 Å². The SMILES string of the molecule is CCc1ccc([C@@H]([NH2+]CC(=O)N2CCN(c3ncccn3)CC2)C(C)C)cc1. The number of anilines is 1. The number of benzene rings is 1. The van der Waals surface area contributed by atoms with Gasteiger partial charge >= 0.3 is 0 Å². The Hall–Kier alpha value is -2.47. The van der Waals surface area contributed by atoms with E-state index in [0.29, 0.717) is 18.5 Å². The zero-order valence-corrected chi connectivity index (χ0v) is 17.2. The molecule has 0 spiro atoms. The largest absolute Gasteiger partial charge is 0.337 e. The van der Waals surface area contributed by atoms with Crippen molar-refractivity contribution in [1.82, 2.24) is 14.9 Å². The lowest BCUT2D eigenvalue weighted by molar-refractivity contribution is -0.692. The molecule has 0 unspecified atom stereocenters. The van der Waals surface area contributed by atoms with E-state index in [1.54, 1.807) is 12.4 Å². The highest BCUT2D eigenvalue weighted by Crippen LogP contribution is 2.18. The average Bonchev–Trinajstić information content (AvgIpc) is 2.74. The second kappa shape index (κ2) is 9.64. The summed E-state index contributed by atoms with van der Waals surface area (Å²) in [5.41, 5.74) is 2.65. The number of nitrogens with zero attached hydrogens (tertiary/aromatic N) is 4. The number of nitrogens with two attached hydrogens (primary N) is 1. The third kappa shape index (κ3) is 5.07. The van der Waals surface area contributed by atoms with Gasteiger partial charge in [-0.25, -0.2) is 9.97 Å². The van der Waals surface area contributed by atoms with Gasteiger partial charge in [-0.05, 0) is 18.1 Å². The monoisotopic (exact) mass is 382 g/mol. The van der Waals surface area contributed by atoms with Crippen molar-refractivity contribution in [3.63, 3.8) is 0 Å². The van der Waals surface area contributed by atoms with Crippen LogP contribution in [0.1, 0.15) is 37.9 Å². The quantitative estimate of drug-likeness (QED) is 0.791. The lowest BCUT2D eigenvalue weighted by Crippen LogP contribution is -2.88. The molecule has 0 aliphatic carbocycles. The van der Waals surface area contributed by atoms with Gasteiger partial charge in [0, 0.05) is 50.1 Å². The molecule has 2 aromatic rings. The summed E-state index contributed by atoms with van der Waals surface area (Å²) < 4.78 is 0. The second-order valence-electron chi connectivity index (χ2n) is 7.72. The number of carbonyl (C=O) groups excluding carboxylic acids is 1. The zero-order valence-electron chi connectivity index (χ0n) is 17.2. The van der Waals surface area contributed by atoms with E-state index in [-0.39, 0.29) is 5.91 Å². The van der Waals surface area contributed by atoms with E-state index in [9.17, 15) is 4.79 Å². The van der Waals surface area contributed by atoms with E-state index in [1.807, 2.05) is 11.0 Å². The topological polar surface area (TPSA) is 65.9 Å². The minimum Gasteiger partial charge on any atom is -0.337 e. The van der Waals surface area contributed by atoms with Crippen molar-refractivity contribution in [3.8, 4) is 0 Å². The summed E-state index contributed by atoms with van der Waals surface area (Å²) in [5.74, 6) is 1.42. The van der Waals surface area contributed by atoms with Crippen LogP contribution in [0.15, 0.2) is 42.7 Å². The lowest BCUT2D eigenvalue weighted by Gasteiger charge is -2.34. The number of carbonyl (C=O) groups is 1. The number of amides is 1. The number of piperazine rings is 1. The molecule has 1 aliphatic rings. The number of hydrogen-bond acceptors (Lipinski definition) is 4. The Morgan fingerprint density at radius 1 is 1.07 bits per heavy atom. The van der Waals surface area contributed by atoms with Crippen LogP contribution in [0.5, 0.6) is 0 Å². The highest BCUT2D eigenvalue weighted by Gasteiger charge is 2.26. The van der Waals surface area contributed by atoms with Crippen molar-refractivity contribution in [3.05, 3.63) is 53.9 Å². The third-order valence-electron chi connectivity index (χ3n) is 5.50. The minimum absolute atomic E-state index is 0.212. The van der Waals surface area contributed by atoms with Crippen LogP contribution in [0.2, 0.25) is 0 Å². The maximum atomic E-state index is 12.7. The molecule has 28 heavy (non-hydrogen) atoms. The number of aryl methyl sites for hydroxylation is 1. The number of aromatic nitrogens is 2. The van der Waals surface area contributed by atoms with Gasteiger partial charge in [0.2, 0.25) is 5.95 Å². The second-order valence-corrected chi connectivity index (χ2v) is 7.72. The molecule has 3 rings (SSSR count). The molecule has 2 heterocycles. The van der Waals surface area contributed by atoms with Crippen LogP contribution in [0.3, 0.4) is 0 Å². The van der Waals surface area contributed by atoms with Crippen LogP contribution in [0.25, 0.3) is 0 Å². The van der Waals surface area contributed by atoms with Crippen molar-refractivity contribution >= 4 is 11.9 Å². The van der Waals surface area contributed by atoms with Crippen molar-refractivity contribution in [1.29, 1.82) is 0 Å². The maximum Gasteiger partial charge on any atom is 0.277 e. The van der Waals surface area contributed by atoms with E-state index in [4.69, 9.17) is 0 Å². The molecule has 0 radical (unpaired) electrons. The van der Waals surface area contributed by atoms with E-state index in [1.165, 1.54) is 11.1 Å². The van der Waals surface area contributed by atoms with Gasteiger partial charge in [0.15, 0.2) is 6.54 Å². The molecule has 1 aliphatic heterocycles. The van der Waals surface area contributed by atoms with Crippen molar-refractivity contribution in [2.75, 3.05) is 37.6 Å². The van der Waals surface area contributed by atoms with Crippen LogP contribution in [-0.4, -0.2) is 53.5 Å². The maximum absolute atomic E-state index is 12.7. The summed E-state index contributed by atoms with van der Waals surface area (Å²) in [5, 5.41) is 2.20. The Morgan fingerprint density at radius 3 is 2.29 bits per heavy atom. The van der Waals surface area contributed by atoms with E-state index < -0.39 is 0 Å². The number of rotatable bonds is 7. The van der Waals surface area contributed by atoms with Crippen molar-refractivity contribution < 1.29 is 10.1 Å². The molecule has 1 amide bonds. The molecule has 0 bridgehead atoms. The van der Waals surface area contributed by atoms with Gasteiger partial charge in [0.1, 0.15) is 6.04 Å². The molecule has 1 aromatic heterocycles. The summed E-state index contributed by atoms with van der Waals surface area (Å²) in [4.78, 5) is 25.5. The lowest BCUT2D eigenvalue weighted by atomic mass is 9.95. The fraction of sp³-hybridized carbons (Fsp3) is 0.500. The molecule has 0 saturated carbocycles. The summed E-state index contributed by atoms with van der Waals surface area (Å²) in [6.45, 7) is 10.1. The van der Waals surface area contributed by atoms with E-state index in [2.05, 4.69) is 65.2 Å². The average molecular weight is 383 g/mol. The van der Waals surface area contributed by atoms with Gasteiger partial charge in [-0.1, -0.05) is 45.0 Å². The normalized spacial score (nSPS) is 15.7. The fourth-order valence-electron chi connectivity index (χ4n) is 3.74. The first-order valence-electron chi connectivity index (χ1n) is 10.3. The Bertz CT molecular complexity index is 739. The Balaban J connectivity index is 1.52. The number of quaternary nitrogens is 1. The smallest absolute Gasteiger partial charge is 0.277 e. The Kier molecular flexibility index (Phi) is 6.98. The molecular formula is C22H32N5O+. The summed E-state index contributed by atoms with van der Waals surface area (Å²) in [7, 11) is 0. The molecule has 1 atom stereocenters. The summed E-state index contributed by atoms with van der Waals surface area (Å²) in [6, 6.07) is 10.9. The van der Waals surface area contributed by atoms with Gasteiger partial charge in [-0.2, -0.15) is 0 Å². The molecule has 1 aromatic carbocycles. The van der Waals surface area contributed by atoms with Crippen LogP contribution in [-0.2, 0) is 11.2 Å². The first-order valence-corrected chi connectivity index (χ1v) is 10.3. The predicted octanol–water partition coefficient (Wildman–Crippen LogP) is 1.65. The molecule has 150 valence electrons. The molecule has 1 saturated heterocycles. The molecular weight excluding hydrogens is 350 g/mol. The highest BCUT2D eigenvalue weighted by atomic mass is 16.2. The summed E-state index contributed by atoms with van der Waals surface area (Å²) >= 11 is 0. The third-order valence-corrected chi connectivity index (χ3v) is 5.50. The Labute approximate surface area is 168 Å². The van der Waals surface area contributed by atoms with Crippen LogP contribution in [0.4, 0.5) is 5.95 Å². The minimum atomic E-state index is 0.212. The van der Waals surface area contributed by atoms with Crippen molar-refractivity contribution in [2.45, 2.75) is 33.2 Å². The van der Waals surface area contributed by atoms with Gasteiger partial charge in [0.25, 0.3) is 5.91 Å². The van der Waals surface area contributed by atoms with Crippen molar-refractivity contribution in [2.24, 2.45) is 5.92 Å². The standard InChI is InChI=1S/C22H31N5O/c1-4-18-6-8-19(9-7-18)21(17(2)3)25-16-20(28)26-12-14-27(15-13-26)22-23-10-5-11-24-22/h5-11,17,21,25H,4,12-16H2,1-3H3/p+1/t21-/m0/s1. The zero-order chi connectivity index (χ0) is 19.9. The van der Waals surface area contributed by atoms with Crippen LogP contribution in [0, 0.1) is 5.92 Å². The molecule has 6 heteroatoms. The highest BCUT2D eigenvalue weighted by molar-refractivity contribution is 5.77. The predicted molar refractivity (Wildman–Crippen MR) is 111 cm³/mol. The van der Waals surface area contributed by atoms with Gasteiger partial charge < -0.3 is 15.1 Å². The first kappa shape index (κ1) is 20.3. The van der Waals surface area contributed by atoms with Crippen LogP contribution < -0.4 is 10.2 Å². The molecule has 2 N–H and O–H groups in total. The fourth-order valence-corrected chi connectivity index (χ4v) is 3.74. The first-order chi connectivity index (χ1) is 13.6. The van der Waals surface area contributed by atoms with Gasteiger partial charge in [-0.3, -0.25) is 4.79 Å². The summed E-state index contributed by atoms with van der Waals surface area (Å²) in [6.07, 6.45) is 4.57. The van der Waals surface area contributed by atoms with Gasteiger partial charge in [0.05, 0.1) is 0 Å². The van der Waals surface area contributed by atoms with E-state index >= 15 is 0 Å². The van der Waals surface area contributed by atoms with Gasteiger partial charge in [-0.15, -0.1) is 0 Å². The number of hydrogen-bond donors (Lipinski definition) is 1. The van der Waals surface area contributed by atoms with Crippen LogP contribution >= 0.6 is 0 Å².